The molecule has 1 spiro atoms. The van der Waals surface area contributed by atoms with Gasteiger partial charge in [0.15, 0.2) is 5.54 Å². The summed E-state index contributed by atoms with van der Waals surface area (Å²) in [5, 5.41) is 0. The normalized spacial score (nSPS) is 18.7. The standard InChI is InChI=1S/C25H22N4O2/c1-24(2,3)9-8-16-4-6-21-19(10-16)25(14-30-23(26)29-25)20-11-17(5-7-22(20)31-21)18-12-27-15-28-13-18/h4-7,10-13,15H,14H2,1-3H3,(H2,26,29)/t25-/m1/s1. The van der Waals surface area contributed by atoms with Gasteiger partial charge in [-0.15, -0.1) is 0 Å². The third kappa shape index (κ3) is 3.38. The van der Waals surface area contributed by atoms with E-state index in [0.29, 0.717) is 6.61 Å². The first kappa shape index (κ1) is 19.1. The highest BCUT2D eigenvalue weighted by Gasteiger charge is 2.47. The minimum absolute atomic E-state index is 0.0948. The van der Waals surface area contributed by atoms with E-state index in [9.17, 15) is 0 Å². The van der Waals surface area contributed by atoms with Crippen molar-refractivity contribution in [2.75, 3.05) is 6.61 Å². The fourth-order valence-corrected chi connectivity index (χ4v) is 3.82. The summed E-state index contributed by atoms with van der Waals surface area (Å²) in [5.74, 6) is 8.01. The molecule has 0 fully saturated rings. The van der Waals surface area contributed by atoms with Gasteiger partial charge in [-0.25, -0.2) is 15.0 Å². The number of hydrogen-bond acceptors (Lipinski definition) is 6. The van der Waals surface area contributed by atoms with Crippen LogP contribution in [0.3, 0.4) is 0 Å². The van der Waals surface area contributed by atoms with Gasteiger partial charge in [0.2, 0.25) is 0 Å². The SMILES string of the molecule is CC(C)(C)C#Cc1ccc2c(c1)[C@]1(COC(N)=N1)c1cc(-c3cncnc3)ccc1O2. The zero-order valence-corrected chi connectivity index (χ0v) is 17.6. The average Bonchev–Trinajstić information content (AvgIpc) is 3.15. The minimum Gasteiger partial charge on any atom is -0.462 e. The lowest BCUT2D eigenvalue weighted by Gasteiger charge is -2.33. The Morgan fingerprint density at radius 3 is 2.35 bits per heavy atom. The molecule has 31 heavy (non-hydrogen) atoms. The summed E-state index contributed by atoms with van der Waals surface area (Å²) in [6.45, 7) is 6.56. The number of hydrogen-bond donors (Lipinski definition) is 1. The topological polar surface area (TPSA) is 82.6 Å². The van der Waals surface area contributed by atoms with E-state index in [2.05, 4.69) is 48.6 Å². The molecule has 6 heteroatoms. The molecule has 2 aromatic carbocycles. The van der Waals surface area contributed by atoms with Gasteiger partial charge in [-0.05, 0) is 56.7 Å². The molecule has 1 atom stereocenters. The quantitative estimate of drug-likeness (QED) is 0.607. The van der Waals surface area contributed by atoms with Gasteiger partial charge >= 0.3 is 0 Å². The molecular weight excluding hydrogens is 388 g/mol. The number of rotatable bonds is 1. The number of ether oxygens (including phenoxy) is 2. The molecule has 3 heterocycles. The maximum atomic E-state index is 6.25. The van der Waals surface area contributed by atoms with Crippen LogP contribution < -0.4 is 10.5 Å². The highest BCUT2D eigenvalue weighted by molar-refractivity contribution is 5.78. The molecule has 2 N–H and O–H groups in total. The second-order valence-electron chi connectivity index (χ2n) is 8.75. The van der Waals surface area contributed by atoms with Crippen LogP contribution in [0.1, 0.15) is 37.5 Å². The van der Waals surface area contributed by atoms with E-state index >= 15 is 0 Å². The molecule has 2 aliphatic rings. The molecule has 1 aromatic heterocycles. The summed E-state index contributed by atoms with van der Waals surface area (Å²) in [5.41, 5.74) is 9.66. The van der Waals surface area contributed by atoms with Crippen LogP contribution in [-0.4, -0.2) is 22.6 Å². The minimum atomic E-state index is -0.794. The predicted octanol–water partition coefficient (Wildman–Crippen LogP) is 4.24. The first-order chi connectivity index (χ1) is 14.8. The van der Waals surface area contributed by atoms with Crippen molar-refractivity contribution in [2.45, 2.75) is 26.3 Å². The molecule has 0 radical (unpaired) electrons. The van der Waals surface area contributed by atoms with Crippen LogP contribution in [0.4, 0.5) is 0 Å². The predicted molar refractivity (Wildman–Crippen MR) is 119 cm³/mol. The van der Waals surface area contributed by atoms with Gasteiger partial charge in [0, 0.05) is 40.1 Å². The van der Waals surface area contributed by atoms with Gasteiger partial charge in [0.1, 0.15) is 24.4 Å². The molecule has 154 valence electrons. The number of nitrogens with zero attached hydrogens (tertiary/aromatic N) is 3. The number of benzene rings is 2. The third-order valence-electron chi connectivity index (χ3n) is 5.28. The monoisotopic (exact) mass is 410 g/mol. The summed E-state index contributed by atoms with van der Waals surface area (Å²) in [6, 6.07) is 12.1. The van der Waals surface area contributed by atoms with Gasteiger partial charge in [-0.1, -0.05) is 17.9 Å². The Kier molecular flexibility index (Phi) is 4.23. The van der Waals surface area contributed by atoms with Crippen LogP contribution in [0.15, 0.2) is 60.1 Å². The lowest BCUT2D eigenvalue weighted by molar-refractivity contribution is 0.264. The van der Waals surface area contributed by atoms with E-state index in [-0.39, 0.29) is 11.4 Å². The largest absolute Gasteiger partial charge is 0.462 e. The molecule has 2 aliphatic heterocycles. The van der Waals surface area contributed by atoms with E-state index in [1.165, 1.54) is 6.33 Å². The molecule has 5 rings (SSSR count). The molecule has 0 saturated heterocycles. The summed E-state index contributed by atoms with van der Waals surface area (Å²) in [4.78, 5) is 13.0. The van der Waals surface area contributed by atoms with Crippen molar-refractivity contribution in [3.05, 3.63) is 71.8 Å². The number of aromatic nitrogens is 2. The highest BCUT2D eigenvalue weighted by Crippen LogP contribution is 2.51. The second-order valence-corrected chi connectivity index (χ2v) is 8.75. The van der Waals surface area contributed by atoms with Crippen molar-refractivity contribution >= 4 is 6.02 Å². The molecule has 0 bridgehead atoms. The van der Waals surface area contributed by atoms with Crippen LogP contribution in [0, 0.1) is 17.3 Å². The van der Waals surface area contributed by atoms with Gasteiger partial charge in [-0.2, -0.15) is 0 Å². The smallest absolute Gasteiger partial charge is 0.283 e. The van der Waals surface area contributed by atoms with Gasteiger partial charge < -0.3 is 15.2 Å². The molecule has 0 unspecified atom stereocenters. The van der Waals surface area contributed by atoms with E-state index in [4.69, 9.17) is 20.2 Å². The van der Waals surface area contributed by atoms with Crippen LogP contribution >= 0.6 is 0 Å². The van der Waals surface area contributed by atoms with Crippen molar-refractivity contribution in [1.29, 1.82) is 0 Å². The van der Waals surface area contributed by atoms with Crippen molar-refractivity contribution in [3.8, 4) is 34.5 Å². The van der Waals surface area contributed by atoms with Crippen molar-refractivity contribution in [1.82, 2.24) is 9.97 Å². The number of fused-ring (bicyclic) bond motifs is 4. The summed E-state index contributed by atoms with van der Waals surface area (Å²) in [6.07, 6.45) is 5.07. The zero-order chi connectivity index (χ0) is 21.6. The Bertz CT molecular complexity index is 1270. The van der Waals surface area contributed by atoms with Crippen LogP contribution in [0.2, 0.25) is 0 Å². The van der Waals surface area contributed by atoms with Crippen LogP contribution in [-0.2, 0) is 10.3 Å². The van der Waals surface area contributed by atoms with Crippen molar-refractivity contribution in [3.63, 3.8) is 0 Å². The van der Waals surface area contributed by atoms with Crippen LogP contribution in [0.5, 0.6) is 11.5 Å². The lowest BCUT2D eigenvalue weighted by atomic mass is 9.80. The highest BCUT2D eigenvalue weighted by atomic mass is 16.5. The maximum Gasteiger partial charge on any atom is 0.283 e. The van der Waals surface area contributed by atoms with Crippen molar-refractivity contribution in [2.24, 2.45) is 16.1 Å². The molecule has 0 amide bonds. The van der Waals surface area contributed by atoms with E-state index < -0.39 is 5.54 Å². The number of aliphatic imine (C=N–C) groups is 1. The number of nitrogens with two attached hydrogens (primary N) is 1. The molecule has 6 nitrogen and oxygen atoms in total. The fraction of sp³-hybridized carbons (Fsp3) is 0.240. The van der Waals surface area contributed by atoms with Gasteiger partial charge in [-0.3, -0.25) is 0 Å². The van der Waals surface area contributed by atoms with E-state index in [0.717, 1.165) is 39.3 Å². The Labute approximate surface area is 181 Å². The summed E-state index contributed by atoms with van der Waals surface area (Å²) in [7, 11) is 0. The molecule has 0 saturated carbocycles. The fourth-order valence-electron chi connectivity index (χ4n) is 3.82. The van der Waals surface area contributed by atoms with Crippen LogP contribution in [0.25, 0.3) is 11.1 Å². The lowest BCUT2D eigenvalue weighted by Crippen LogP contribution is -2.31. The second kappa shape index (κ2) is 6.85. The Morgan fingerprint density at radius 1 is 0.968 bits per heavy atom. The molecule has 3 aromatic rings. The van der Waals surface area contributed by atoms with E-state index in [1.54, 1.807) is 12.4 Å². The van der Waals surface area contributed by atoms with Gasteiger partial charge in [0.25, 0.3) is 6.02 Å². The molecular formula is C25H22N4O2. The van der Waals surface area contributed by atoms with Gasteiger partial charge in [0.05, 0.1) is 0 Å². The first-order valence-electron chi connectivity index (χ1n) is 10.1. The Hall–Kier alpha value is -3.85. The average molecular weight is 410 g/mol. The Balaban J connectivity index is 1.69. The zero-order valence-electron chi connectivity index (χ0n) is 17.6. The first-order valence-corrected chi connectivity index (χ1v) is 10.1. The maximum absolute atomic E-state index is 6.25. The summed E-state index contributed by atoms with van der Waals surface area (Å²) >= 11 is 0. The molecule has 0 aliphatic carbocycles. The van der Waals surface area contributed by atoms with E-state index in [1.807, 2.05) is 30.3 Å². The number of amidine groups is 1. The summed E-state index contributed by atoms with van der Waals surface area (Å²) < 4.78 is 11.9. The van der Waals surface area contributed by atoms with Crippen molar-refractivity contribution < 1.29 is 9.47 Å². The Morgan fingerprint density at radius 2 is 1.68 bits per heavy atom. The third-order valence-corrected chi connectivity index (χ3v) is 5.28.